The SMILES string of the molecule is CCN1CCC(N(C)CC(C)(C#N)NC)CC1. The highest BCUT2D eigenvalue weighted by Crippen LogP contribution is 2.17. The highest BCUT2D eigenvalue weighted by atomic mass is 15.2. The molecule has 4 nitrogen and oxygen atoms in total. The minimum atomic E-state index is -0.434. The average molecular weight is 238 g/mol. The zero-order valence-corrected chi connectivity index (χ0v) is 11.7. The third-order valence-electron chi connectivity index (χ3n) is 3.99. The molecular weight excluding hydrogens is 212 g/mol. The van der Waals surface area contributed by atoms with Crippen molar-refractivity contribution in [3.63, 3.8) is 0 Å². The standard InChI is InChI=1S/C13H26N4/c1-5-17-8-6-12(7-9-17)16(4)11-13(2,10-14)15-3/h12,15H,5-9,11H2,1-4H3. The van der Waals surface area contributed by atoms with Gasteiger partial charge in [0.25, 0.3) is 0 Å². The molecule has 1 saturated heterocycles. The van der Waals surface area contributed by atoms with Crippen LogP contribution in [0.4, 0.5) is 0 Å². The van der Waals surface area contributed by atoms with E-state index >= 15 is 0 Å². The van der Waals surface area contributed by atoms with E-state index < -0.39 is 5.54 Å². The van der Waals surface area contributed by atoms with E-state index in [1.165, 1.54) is 25.9 Å². The van der Waals surface area contributed by atoms with Gasteiger partial charge in [0, 0.05) is 12.6 Å². The molecule has 1 unspecified atom stereocenters. The molecule has 0 aromatic heterocycles. The quantitative estimate of drug-likeness (QED) is 0.773. The molecule has 0 radical (unpaired) electrons. The van der Waals surface area contributed by atoms with Crippen molar-refractivity contribution in [1.82, 2.24) is 15.1 Å². The zero-order chi connectivity index (χ0) is 12.9. The number of nitriles is 1. The summed E-state index contributed by atoms with van der Waals surface area (Å²) in [6, 6.07) is 2.98. The van der Waals surface area contributed by atoms with E-state index in [0.29, 0.717) is 6.04 Å². The second kappa shape index (κ2) is 6.34. The Morgan fingerprint density at radius 3 is 2.47 bits per heavy atom. The molecule has 0 aromatic rings. The van der Waals surface area contributed by atoms with Crippen LogP contribution in [0.3, 0.4) is 0 Å². The number of rotatable bonds is 5. The van der Waals surface area contributed by atoms with E-state index in [-0.39, 0.29) is 0 Å². The molecule has 0 aliphatic carbocycles. The largest absolute Gasteiger partial charge is 0.303 e. The Morgan fingerprint density at radius 2 is 2.06 bits per heavy atom. The zero-order valence-electron chi connectivity index (χ0n) is 11.7. The van der Waals surface area contributed by atoms with E-state index in [4.69, 9.17) is 5.26 Å². The van der Waals surface area contributed by atoms with Crippen LogP contribution in [-0.2, 0) is 0 Å². The molecule has 0 aromatic carbocycles. The van der Waals surface area contributed by atoms with Gasteiger partial charge >= 0.3 is 0 Å². The van der Waals surface area contributed by atoms with Crippen LogP contribution in [0, 0.1) is 11.3 Å². The molecule has 17 heavy (non-hydrogen) atoms. The summed E-state index contributed by atoms with van der Waals surface area (Å²) >= 11 is 0. The second-order valence-corrected chi connectivity index (χ2v) is 5.27. The van der Waals surface area contributed by atoms with E-state index in [1.807, 2.05) is 14.0 Å². The predicted molar refractivity (Wildman–Crippen MR) is 70.8 cm³/mol. The van der Waals surface area contributed by atoms with Crippen LogP contribution in [0.2, 0.25) is 0 Å². The van der Waals surface area contributed by atoms with E-state index in [9.17, 15) is 0 Å². The third kappa shape index (κ3) is 3.95. The van der Waals surface area contributed by atoms with Crippen molar-refractivity contribution in [2.24, 2.45) is 0 Å². The summed E-state index contributed by atoms with van der Waals surface area (Å²) in [5.74, 6) is 0. The van der Waals surface area contributed by atoms with Gasteiger partial charge in [-0.1, -0.05) is 6.92 Å². The van der Waals surface area contributed by atoms with Crippen LogP contribution in [0.15, 0.2) is 0 Å². The Morgan fingerprint density at radius 1 is 1.47 bits per heavy atom. The molecule has 1 aliphatic rings. The van der Waals surface area contributed by atoms with Crippen molar-refractivity contribution in [3.8, 4) is 6.07 Å². The highest BCUT2D eigenvalue weighted by Gasteiger charge is 2.28. The third-order valence-corrected chi connectivity index (χ3v) is 3.99. The normalized spacial score (nSPS) is 22.4. The monoisotopic (exact) mass is 238 g/mol. The Kier molecular flexibility index (Phi) is 5.38. The van der Waals surface area contributed by atoms with Gasteiger partial charge in [-0.3, -0.25) is 0 Å². The predicted octanol–water partition coefficient (Wildman–Crippen LogP) is 0.904. The lowest BCUT2D eigenvalue weighted by molar-refractivity contribution is 0.117. The van der Waals surface area contributed by atoms with Crippen LogP contribution < -0.4 is 5.32 Å². The van der Waals surface area contributed by atoms with Gasteiger partial charge in [-0.2, -0.15) is 5.26 Å². The van der Waals surface area contributed by atoms with Crippen LogP contribution in [-0.4, -0.2) is 61.7 Å². The van der Waals surface area contributed by atoms with E-state index in [0.717, 1.165) is 13.1 Å². The molecule has 1 atom stereocenters. The number of nitrogens with zero attached hydrogens (tertiary/aromatic N) is 3. The lowest BCUT2D eigenvalue weighted by Gasteiger charge is -2.38. The van der Waals surface area contributed by atoms with Crippen molar-refractivity contribution in [2.75, 3.05) is 40.3 Å². The first-order valence-electron chi connectivity index (χ1n) is 6.57. The molecule has 98 valence electrons. The molecule has 1 aliphatic heterocycles. The van der Waals surface area contributed by atoms with Gasteiger partial charge in [-0.25, -0.2) is 0 Å². The molecule has 0 saturated carbocycles. The van der Waals surface area contributed by atoms with Gasteiger partial charge < -0.3 is 15.1 Å². The summed E-state index contributed by atoms with van der Waals surface area (Å²) in [7, 11) is 4.00. The highest BCUT2D eigenvalue weighted by molar-refractivity contribution is 5.05. The Labute approximate surface area is 106 Å². The number of hydrogen-bond donors (Lipinski definition) is 1. The van der Waals surface area contributed by atoms with Crippen LogP contribution in [0.5, 0.6) is 0 Å². The molecule has 4 heteroatoms. The van der Waals surface area contributed by atoms with Gasteiger partial charge in [0.1, 0.15) is 5.54 Å². The minimum Gasteiger partial charge on any atom is -0.303 e. The first-order chi connectivity index (χ1) is 8.04. The Hall–Kier alpha value is -0.630. The summed E-state index contributed by atoms with van der Waals surface area (Å²) in [5.41, 5.74) is -0.434. The molecule has 0 amide bonds. The number of nitrogens with one attached hydrogen (secondary N) is 1. The first kappa shape index (κ1) is 14.4. The van der Waals surface area contributed by atoms with Gasteiger partial charge in [0.15, 0.2) is 0 Å². The number of likely N-dealkylation sites (N-methyl/N-ethyl adjacent to an activating group) is 2. The number of likely N-dealkylation sites (tertiary alicyclic amines) is 1. The van der Waals surface area contributed by atoms with Gasteiger partial charge in [-0.15, -0.1) is 0 Å². The van der Waals surface area contributed by atoms with Crippen molar-refractivity contribution < 1.29 is 0 Å². The molecule has 0 bridgehead atoms. The maximum absolute atomic E-state index is 9.17. The summed E-state index contributed by atoms with van der Waals surface area (Å²) in [5, 5.41) is 12.3. The fourth-order valence-electron chi connectivity index (χ4n) is 2.47. The summed E-state index contributed by atoms with van der Waals surface area (Å²) < 4.78 is 0. The van der Waals surface area contributed by atoms with Crippen molar-refractivity contribution in [2.45, 2.75) is 38.3 Å². The molecule has 1 N–H and O–H groups in total. The molecule has 1 heterocycles. The maximum atomic E-state index is 9.17. The maximum Gasteiger partial charge on any atom is 0.116 e. The number of piperidine rings is 1. The van der Waals surface area contributed by atoms with Crippen molar-refractivity contribution in [1.29, 1.82) is 5.26 Å². The van der Waals surface area contributed by atoms with Crippen molar-refractivity contribution >= 4 is 0 Å². The molecule has 0 spiro atoms. The fourth-order valence-corrected chi connectivity index (χ4v) is 2.47. The Bertz CT molecular complexity index is 265. The molecular formula is C13H26N4. The van der Waals surface area contributed by atoms with Gasteiger partial charge in [0.2, 0.25) is 0 Å². The lowest BCUT2D eigenvalue weighted by atomic mass is 9.99. The Balaban J connectivity index is 2.44. The van der Waals surface area contributed by atoms with Crippen LogP contribution in [0.1, 0.15) is 26.7 Å². The average Bonchev–Trinajstić information content (AvgIpc) is 2.38. The summed E-state index contributed by atoms with van der Waals surface area (Å²) in [6.45, 7) is 8.50. The van der Waals surface area contributed by atoms with Crippen LogP contribution >= 0.6 is 0 Å². The fraction of sp³-hybridized carbons (Fsp3) is 0.923. The molecule has 1 rings (SSSR count). The lowest BCUT2D eigenvalue weighted by Crippen LogP contribution is -2.52. The van der Waals surface area contributed by atoms with E-state index in [2.05, 4.69) is 35.2 Å². The number of hydrogen-bond acceptors (Lipinski definition) is 4. The van der Waals surface area contributed by atoms with Crippen LogP contribution in [0.25, 0.3) is 0 Å². The minimum absolute atomic E-state index is 0.434. The van der Waals surface area contributed by atoms with Gasteiger partial charge in [-0.05, 0) is 53.5 Å². The van der Waals surface area contributed by atoms with E-state index in [1.54, 1.807) is 0 Å². The summed E-state index contributed by atoms with van der Waals surface area (Å²) in [6.07, 6.45) is 2.44. The van der Waals surface area contributed by atoms with Crippen molar-refractivity contribution in [3.05, 3.63) is 0 Å². The first-order valence-corrected chi connectivity index (χ1v) is 6.57. The smallest absolute Gasteiger partial charge is 0.116 e. The summed E-state index contributed by atoms with van der Waals surface area (Å²) in [4.78, 5) is 4.83. The molecule has 1 fully saturated rings. The van der Waals surface area contributed by atoms with Gasteiger partial charge in [0.05, 0.1) is 6.07 Å². The topological polar surface area (TPSA) is 42.3 Å². The second-order valence-electron chi connectivity index (χ2n) is 5.27.